The number of aliphatic hydroxyl groups is 1. The molecule has 0 atom stereocenters. The van der Waals surface area contributed by atoms with Crippen LogP contribution < -0.4 is 4.72 Å². The van der Waals surface area contributed by atoms with Gasteiger partial charge in [-0.2, -0.15) is 5.26 Å². The Hall–Kier alpha value is -1.42. The van der Waals surface area contributed by atoms with E-state index in [-0.39, 0.29) is 17.9 Å². The van der Waals surface area contributed by atoms with Crippen LogP contribution in [0.2, 0.25) is 0 Å². The van der Waals surface area contributed by atoms with Gasteiger partial charge in [0.25, 0.3) is 0 Å². The second-order valence-electron chi connectivity index (χ2n) is 3.81. The highest BCUT2D eigenvalue weighted by Crippen LogP contribution is 2.10. The second kappa shape index (κ2) is 7.11. The summed E-state index contributed by atoms with van der Waals surface area (Å²) in [6.45, 7) is 0.368. The van der Waals surface area contributed by atoms with Gasteiger partial charge in [0.1, 0.15) is 0 Å². The lowest BCUT2D eigenvalue weighted by Crippen LogP contribution is -2.24. The fourth-order valence-corrected chi connectivity index (χ4v) is 2.48. The van der Waals surface area contributed by atoms with Gasteiger partial charge >= 0.3 is 0 Å². The molecule has 1 rings (SSSR count). The number of hydrogen-bond acceptors (Lipinski definition) is 4. The summed E-state index contributed by atoms with van der Waals surface area (Å²) < 4.78 is 26.1. The molecule has 0 unspecified atom stereocenters. The van der Waals surface area contributed by atoms with Crippen LogP contribution in [0.25, 0.3) is 0 Å². The van der Waals surface area contributed by atoms with Crippen molar-refractivity contribution in [3.63, 3.8) is 0 Å². The lowest BCUT2D eigenvalue weighted by atomic mass is 10.2. The van der Waals surface area contributed by atoms with Crippen molar-refractivity contribution < 1.29 is 13.5 Å². The zero-order valence-corrected chi connectivity index (χ0v) is 10.8. The van der Waals surface area contributed by atoms with Crippen LogP contribution in [0.15, 0.2) is 29.2 Å². The zero-order valence-electron chi connectivity index (χ0n) is 9.96. The highest BCUT2D eigenvalue weighted by molar-refractivity contribution is 7.89. The summed E-state index contributed by atoms with van der Waals surface area (Å²) in [7, 11) is -3.49. The van der Waals surface area contributed by atoms with Crippen molar-refractivity contribution in [2.75, 3.05) is 13.2 Å². The molecule has 0 aliphatic carbocycles. The molecule has 6 heteroatoms. The molecule has 98 valence electrons. The SMILES string of the molecule is N#CCc1ccc(S(=O)(=O)NCCCCO)cc1. The third-order valence-corrected chi connectivity index (χ3v) is 3.87. The van der Waals surface area contributed by atoms with Crippen molar-refractivity contribution in [2.24, 2.45) is 0 Å². The van der Waals surface area contributed by atoms with Gasteiger partial charge in [0.15, 0.2) is 0 Å². The minimum atomic E-state index is -3.49. The summed E-state index contributed by atoms with van der Waals surface area (Å²) in [6, 6.07) is 8.24. The molecule has 18 heavy (non-hydrogen) atoms. The predicted molar refractivity (Wildman–Crippen MR) is 67.3 cm³/mol. The van der Waals surface area contributed by atoms with Crippen LogP contribution in [0.5, 0.6) is 0 Å². The summed E-state index contributed by atoms with van der Waals surface area (Å²) in [5.41, 5.74) is 0.789. The Morgan fingerprint density at radius 1 is 1.22 bits per heavy atom. The summed E-state index contributed by atoms with van der Waals surface area (Å²) in [5.74, 6) is 0. The van der Waals surface area contributed by atoms with Gasteiger partial charge in [-0.15, -0.1) is 0 Å². The lowest BCUT2D eigenvalue weighted by molar-refractivity contribution is 0.285. The van der Waals surface area contributed by atoms with E-state index in [2.05, 4.69) is 4.72 Å². The third-order valence-electron chi connectivity index (χ3n) is 2.39. The van der Waals surface area contributed by atoms with Crippen molar-refractivity contribution >= 4 is 10.0 Å². The van der Waals surface area contributed by atoms with Gasteiger partial charge in [-0.3, -0.25) is 0 Å². The summed E-state index contributed by atoms with van der Waals surface area (Å²) in [5, 5.41) is 17.1. The number of unbranched alkanes of at least 4 members (excludes halogenated alkanes) is 1. The summed E-state index contributed by atoms with van der Waals surface area (Å²) in [4.78, 5) is 0.188. The predicted octanol–water partition coefficient (Wildman–Crippen LogP) is 0.803. The monoisotopic (exact) mass is 268 g/mol. The summed E-state index contributed by atoms with van der Waals surface area (Å²) >= 11 is 0. The van der Waals surface area contributed by atoms with Gasteiger partial charge in [-0.1, -0.05) is 12.1 Å². The molecule has 0 aliphatic heterocycles. The van der Waals surface area contributed by atoms with Gasteiger partial charge < -0.3 is 5.11 Å². The molecule has 0 spiro atoms. The largest absolute Gasteiger partial charge is 0.396 e. The molecule has 0 fully saturated rings. The number of sulfonamides is 1. The number of benzene rings is 1. The fourth-order valence-electron chi connectivity index (χ4n) is 1.40. The van der Waals surface area contributed by atoms with E-state index in [0.717, 1.165) is 5.56 Å². The minimum Gasteiger partial charge on any atom is -0.396 e. The molecule has 0 heterocycles. The van der Waals surface area contributed by atoms with E-state index in [4.69, 9.17) is 10.4 Å². The molecule has 2 N–H and O–H groups in total. The molecule has 0 saturated heterocycles. The Morgan fingerprint density at radius 3 is 2.44 bits per heavy atom. The first-order valence-electron chi connectivity index (χ1n) is 5.66. The van der Waals surface area contributed by atoms with E-state index < -0.39 is 10.0 Å². The van der Waals surface area contributed by atoms with Gasteiger partial charge in [0, 0.05) is 13.2 Å². The fraction of sp³-hybridized carbons (Fsp3) is 0.417. The molecular weight excluding hydrogens is 252 g/mol. The molecule has 0 saturated carbocycles. The van der Waals surface area contributed by atoms with Gasteiger partial charge in [0.05, 0.1) is 17.4 Å². The first kappa shape index (κ1) is 14.6. The normalized spacial score (nSPS) is 11.1. The van der Waals surface area contributed by atoms with Crippen molar-refractivity contribution in [3.05, 3.63) is 29.8 Å². The van der Waals surface area contributed by atoms with Crippen LogP contribution in [-0.4, -0.2) is 26.7 Å². The number of nitriles is 1. The van der Waals surface area contributed by atoms with E-state index in [1.807, 2.05) is 6.07 Å². The van der Waals surface area contributed by atoms with Crippen LogP contribution in [-0.2, 0) is 16.4 Å². The van der Waals surface area contributed by atoms with Crippen LogP contribution >= 0.6 is 0 Å². The smallest absolute Gasteiger partial charge is 0.240 e. The summed E-state index contributed by atoms with van der Waals surface area (Å²) in [6.07, 6.45) is 1.44. The van der Waals surface area contributed by atoms with Crippen molar-refractivity contribution in [1.82, 2.24) is 4.72 Å². The van der Waals surface area contributed by atoms with Crippen LogP contribution in [0.3, 0.4) is 0 Å². The lowest BCUT2D eigenvalue weighted by Gasteiger charge is -2.06. The second-order valence-corrected chi connectivity index (χ2v) is 5.57. The maximum absolute atomic E-state index is 11.8. The van der Waals surface area contributed by atoms with E-state index in [1.54, 1.807) is 12.1 Å². The highest BCUT2D eigenvalue weighted by atomic mass is 32.2. The first-order valence-corrected chi connectivity index (χ1v) is 7.15. The highest BCUT2D eigenvalue weighted by Gasteiger charge is 2.12. The van der Waals surface area contributed by atoms with Crippen molar-refractivity contribution in [2.45, 2.75) is 24.2 Å². The quantitative estimate of drug-likeness (QED) is 0.716. The molecule has 0 aromatic heterocycles. The standard InChI is InChI=1S/C12H16N2O3S/c13-8-7-11-3-5-12(6-4-11)18(16,17)14-9-1-2-10-15/h3-6,14-15H,1-2,7,9-10H2. The van der Waals surface area contributed by atoms with Gasteiger partial charge in [-0.05, 0) is 30.5 Å². The van der Waals surface area contributed by atoms with Gasteiger partial charge in [-0.25, -0.2) is 13.1 Å². The Balaban J connectivity index is 2.64. The van der Waals surface area contributed by atoms with Crippen molar-refractivity contribution in [1.29, 1.82) is 5.26 Å². The third kappa shape index (κ3) is 4.45. The Bertz CT molecular complexity index is 503. The number of nitrogens with zero attached hydrogens (tertiary/aromatic N) is 1. The van der Waals surface area contributed by atoms with E-state index in [9.17, 15) is 8.42 Å². The molecule has 1 aromatic rings. The van der Waals surface area contributed by atoms with E-state index in [1.165, 1.54) is 12.1 Å². The molecule has 0 aliphatic rings. The van der Waals surface area contributed by atoms with E-state index in [0.29, 0.717) is 19.4 Å². The average Bonchev–Trinajstić information content (AvgIpc) is 2.36. The topological polar surface area (TPSA) is 90.2 Å². The minimum absolute atomic E-state index is 0.0601. The number of hydrogen-bond donors (Lipinski definition) is 2. The molecule has 0 radical (unpaired) electrons. The Kier molecular flexibility index (Phi) is 5.78. The van der Waals surface area contributed by atoms with Crippen LogP contribution in [0.4, 0.5) is 0 Å². The van der Waals surface area contributed by atoms with Crippen LogP contribution in [0, 0.1) is 11.3 Å². The van der Waals surface area contributed by atoms with E-state index >= 15 is 0 Å². The molecule has 0 bridgehead atoms. The Labute approximate surface area is 107 Å². The molecular formula is C12H16N2O3S. The number of rotatable bonds is 7. The molecule has 5 nitrogen and oxygen atoms in total. The maximum atomic E-state index is 11.8. The van der Waals surface area contributed by atoms with Gasteiger partial charge in [0.2, 0.25) is 10.0 Å². The van der Waals surface area contributed by atoms with Crippen molar-refractivity contribution in [3.8, 4) is 6.07 Å². The maximum Gasteiger partial charge on any atom is 0.240 e. The number of nitrogens with one attached hydrogen (secondary N) is 1. The van der Waals surface area contributed by atoms with Crippen LogP contribution in [0.1, 0.15) is 18.4 Å². The average molecular weight is 268 g/mol. The molecule has 1 aromatic carbocycles. The Morgan fingerprint density at radius 2 is 1.89 bits per heavy atom. The number of aliphatic hydroxyl groups excluding tert-OH is 1. The molecule has 0 amide bonds. The first-order chi connectivity index (χ1) is 8.60. The zero-order chi connectivity index (χ0) is 13.4.